The first-order valence-corrected chi connectivity index (χ1v) is 11.7. The van der Waals surface area contributed by atoms with E-state index >= 15 is 0 Å². The largest absolute Gasteiger partial charge is 0.508 e. The molecular weight excluding hydrogens is 428 g/mol. The summed E-state index contributed by atoms with van der Waals surface area (Å²) in [5, 5.41) is 41.3. The van der Waals surface area contributed by atoms with Crippen molar-refractivity contribution in [3.63, 3.8) is 0 Å². The Balaban J connectivity index is 1.80. The average molecular weight is 465 g/mol. The van der Waals surface area contributed by atoms with Gasteiger partial charge in [-0.15, -0.1) is 0 Å². The van der Waals surface area contributed by atoms with Gasteiger partial charge in [-0.3, -0.25) is 0 Å². The van der Waals surface area contributed by atoms with E-state index in [1.54, 1.807) is 6.07 Å². The number of hydrogen-bond acceptors (Lipinski definition) is 5. The SMILES string of the molecule is CC(C)=CCC/C(C)=C/Cc1cc(/C=C/c2cc(O)c3c(c2)OC(C)(C)[C@@H](O)C3)cc(O)c1O. The van der Waals surface area contributed by atoms with Gasteiger partial charge in [0.05, 0.1) is 6.10 Å². The van der Waals surface area contributed by atoms with Crippen molar-refractivity contribution in [2.75, 3.05) is 0 Å². The first-order chi connectivity index (χ1) is 16.0. The van der Waals surface area contributed by atoms with Crippen molar-refractivity contribution >= 4 is 12.2 Å². The maximum atomic E-state index is 10.5. The zero-order valence-corrected chi connectivity index (χ0v) is 20.7. The highest BCUT2D eigenvalue weighted by Gasteiger charge is 2.36. The second kappa shape index (κ2) is 10.4. The Bertz CT molecular complexity index is 1130. The standard InChI is InChI=1S/C29H36O5/c1-18(2)7-6-8-19(3)9-12-22-13-20(15-25(31)28(22)33)10-11-21-14-24(30)23-17-27(32)29(4,5)34-26(23)16-21/h7,9-11,13-16,27,30-33H,6,8,12,17H2,1-5H3/b11-10+,19-9+/t27-/m0/s1. The quantitative estimate of drug-likeness (QED) is 0.220. The normalized spacial score (nSPS) is 17.4. The van der Waals surface area contributed by atoms with Gasteiger partial charge in [0.1, 0.15) is 17.1 Å². The fourth-order valence-electron chi connectivity index (χ4n) is 3.96. The van der Waals surface area contributed by atoms with Gasteiger partial charge in [0.15, 0.2) is 11.5 Å². The molecule has 4 N–H and O–H groups in total. The Morgan fingerprint density at radius 1 is 0.971 bits per heavy atom. The van der Waals surface area contributed by atoms with E-state index in [-0.39, 0.29) is 17.2 Å². The predicted octanol–water partition coefficient (Wildman–Crippen LogP) is 6.28. The van der Waals surface area contributed by atoms with Crippen molar-refractivity contribution in [1.82, 2.24) is 0 Å². The molecule has 2 aromatic rings. The number of phenols is 3. The van der Waals surface area contributed by atoms with Gasteiger partial charge < -0.3 is 25.2 Å². The second-order valence-corrected chi connectivity index (χ2v) is 9.90. The summed E-state index contributed by atoms with van der Waals surface area (Å²) >= 11 is 0. The van der Waals surface area contributed by atoms with E-state index in [4.69, 9.17) is 4.74 Å². The van der Waals surface area contributed by atoms with Gasteiger partial charge in [-0.2, -0.15) is 0 Å². The minimum atomic E-state index is -0.739. The number of hydrogen-bond donors (Lipinski definition) is 4. The maximum absolute atomic E-state index is 10.5. The molecule has 0 aliphatic carbocycles. The average Bonchev–Trinajstić information content (AvgIpc) is 2.74. The lowest BCUT2D eigenvalue weighted by atomic mass is 9.90. The van der Waals surface area contributed by atoms with Gasteiger partial charge in [-0.05, 0) is 89.3 Å². The zero-order valence-electron chi connectivity index (χ0n) is 20.7. The van der Waals surface area contributed by atoms with Crippen molar-refractivity contribution in [2.45, 2.75) is 72.0 Å². The molecular formula is C29H36O5. The summed E-state index contributed by atoms with van der Waals surface area (Å²) in [5.74, 6) is 0.360. The number of benzene rings is 2. The van der Waals surface area contributed by atoms with Crippen molar-refractivity contribution < 1.29 is 25.2 Å². The van der Waals surface area contributed by atoms with Gasteiger partial charge in [0.25, 0.3) is 0 Å². The summed E-state index contributed by atoms with van der Waals surface area (Å²) in [5.41, 5.74) is 4.50. The first-order valence-electron chi connectivity index (χ1n) is 11.7. The molecule has 1 aliphatic heterocycles. The van der Waals surface area contributed by atoms with Crippen LogP contribution in [0.2, 0.25) is 0 Å². The Labute approximate surface area is 202 Å². The van der Waals surface area contributed by atoms with E-state index in [0.717, 1.165) is 24.0 Å². The first kappa shape index (κ1) is 25.4. The number of aliphatic hydroxyl groups excluding tert-OH is 1. The van der Waals surface area contributed by atoms with Crippen molar-refractivity contribution in [3.05, 3.63) is 69.8 Å². The lowest BCUT2D eigenvalue weighted by molar-refractivity contribution is -0.0417. The van der Waals surface area contributed by atoms with Crippen LogP contribution in [0, 0.1) is 0 Å². The topological polar surface area (TPSA) is 90.2 Å². The van der Waals surface area contributed by atoms with Crippen LogP contribution in [0.5, 0.6) is 23.0 Å². The number of phenolic OH excluding ortho intramolecular Hbond substituents is 3. The van der Waals surface area contributed by atoms with Gasteiger partial charge in [0, 0.05) is 17.5 Å². The molecule has 1 aliphatic rings. The van der Waals surface area contributed by atoms with E-state index in [0.29, 0.717) is 29.7 Å². The Kier molecular flexibility index (Phi) is 7.78. The third-order valence-corrected chi connectivity index (χ3v) is 6.20. The van der Waals surface area contributed by atoms with E-state index in [1.807, 2.05) is 38.1 Å². The molecule has 3 rings (SSSR count). The fourth-order valence-corrected chi connectivity index (χ4v) is 3.96. The van der Waals surface area contributed by atoms with Crippen LogP contribution in [-0.2, 0) is 12.8 Å². The molecule has 0 saturated heterocycles. The Hall–Kier alpha value is -3.18. The van der Waals surface area contributed by atoms with Gasteiger partial charge >= 0.3 is 0 Å². The molecule has 0 bridgehead atoms. The van der Waals surface area contributed by atoms with Gasteiger partial charge in [-0.25, -0.2) is 0 Å². The Morgan fingerprint density at radius 3 is 2.29 bits per heavy atom. The summed E-state index contributed by atoms with van der Waals surface area (Å²) in [6.07, 6.45) is 10.0. The van der Waals surface area contributed by atoms with Crippen LogP contribution >= 0.6 is 0 Å². The van der Waals surface area contributed by atoms with Crippen LogP contribution in [0.3, 0.4) is 0 Å². The van der Waals surface area contributed by atoms with Crippen LogP contribution in [0.25, 0.3) is 12.2 Å². The molecule has 2 aromatic carbocycles. The summed E-state index contributed by atoms with van der Waals surface area (Å²) in [6.45, 7) is 9.88. The molecule has 34 heavy (non-hydrogen) atoms. The summed E-state index contributed by atoms with van der Waals surface area (Å²) in [4.78, 5) is 0. The predicted molar refractivity (Wildman–Crippen MR) is 137 cm³/mol. The van der Waals surface area contributed by atoms with Crippen LogP contribution in [-0.4, -0.2) is 32.1 Å². The summed E-state index contributed by atoms with van der Waals surface area (Å²) in [7, 11) is 0. The van der Waals surface area contributed by atoms with Crippen molar-refractivity contribution in [3.8, 4) is 23.0 Å². The molecule has 0 fully saturated rings. The number of aliphatic hydroxyl groups is 1. The summed E-state index contributed by atoms with van der Waals surface area (Å²) < 4.78 is 5.93. The number of aromatic hydroxyl groups is 3. The molecule has 5 nitrogen and oxygen atoms in total. The lowest BCUT2D eigenvalue weighted by Gasteiger charge is -2.37. The molecule has 182 valence electrons. The van der Waals surface area contributed by atoms with Crippen molar-refractivity contribution in [2.24, 2.45) is 0 Å². The molecule has 1 atom stereocenters. The van der Waals surface area contributed by atoms with Crippen LogP contribution in [0.4, 0.5) is 0 Å². The van der Waals surface area contributed by atoms with E-state index < -0.39 is 11.7 Å². The third kappa shape index (κ3) is 6.23. The molecule has 0 spiro atoms. The third-order valence-electron chi connectivity index (χ3n) is 6.20. The molecule has 0 amide bonds. The van der Waals surface area contributed by atoms with E-state index in [1.165, 1.54) is 17.2 Å². The minimum absolute atomic E-state index is 0.0784. The summed E-state index contributed by atoms with van der Waals surface area (Å²) in [6, 6.07) is 6.82. The maximum Gasteiger partial charge on any atom is 0.161 e. The second-order valence-electron chi connectivity index (χ2n) is 9.90. The number of rotatable bonds is 7. The monoisotopic (exact) mass is 464 g/mol. The highest BCUT2D eigenvalue weighted by atomic mass is 16.5. The highest BCUT2D eigenvalue weighted by molar-refractivity contribution is 5.73. The number of fused-ring (bicyclic) bond motifs is 1. The molecule has 0 saturated carbocycles. The van der Waals surface area contributed by atoms with Gasteiger partial charge in [0.2, 0.25) is 0 Å². The molecule has 0 aromatic heterocycles. The lowest BCUT2D eigenvalue weighted by Crippen LogP contribution is -2.46. The molecule has 0 unspecified atom stereocenters. The van der Waals surface area contributed by atoms with Crippen LogP contribution in [0.1, 0.15) is 69.7 Å². The number of allylic oxidation sites excluding steroid dienone is 4. The van der Waals surface area contributed by atoms with E-state index in [9.17, 15) is 20.4 Å². The fraction of sp³-hybridized carbons (Fsp3) is 0.379. The molecule has 0 radical (unpaired) electrons. The van der Waals surface area contributed by atoms with Crippen LogP contribution in [0.15, 0.2) is 47.6 Å². The molecule has 5 heteroatoms. The highest BCUT2D eigenvalue weighted by Crippen LogP contribution is 2.39. The Morgan fingerprint density at radius 2 is 1.62 bits per heavy atom. The number of ether oxygens (including phenoxy) is 1. The van der Waals surface area contributed by atoms with Gasteiger partial charge in [-0.1, -0.05) is 35.5 Å². The molecule has 1 heterocycles. The van der Waals surface area contributed by atoms with Crippen LogP contribution < -0.4 is 4.74 Å². The zero-order chi connectivity index (χ0) is 25.0. The minimum Gasteiger partial charge on any atom is -0.508 e. The van der Waals surface area contributed by atoms with Crippen molar-refractivity contribution in [1.29, 1.82) is 0 Å². The van der Waals surface area contributed by atoms with E-state index in [2.05, 4.69) is 32.9 Å². The smallest absolute Gasteiger partial charge is 0.161 e.